The molecule has 1 aliphatic rings. The number of aliphatic imine (C=N–C) groups is 1. The van der Waals surface area contributed by atoms with Crippen molar-refractivity contribution in [2.45, 2.75) is 6.17 Å². The Kier molecular flexibility index (Phi) is 5.63. The largest absolute Gasteiger partial charge is 0.497 e. The number of rotatable bonds is 5. The van der Waals surface area contributed by atoms with Crippen LogP contribution in [0.25, 0.3) is 0 Å². The number of fused-ring (bicyclic) bond motifs is 1. The number of nitro benzene ring substituents is 1. The second-order valence-corrected chi connectivity index (χ2v) is 6.92. The SMILES string of the molecule is COc1cccc(C2=NC(NC(=O)c3ccc([N+](=O)[O-])cc3)C(=O)Nc3ccccc32)c1. The molecule has 32 heavy (non-hydrogen) atoms. The summed E-state index contributed by atoms with van der Waals surface area (Å²) in [5, 5.41) is 16.2. The summed E-state index contributed by atoms with van der Waals surface area (Å²) in [6.07, 6.45) is -1.22. The number of nitrogens with zero attached hydrogens (tertiary/aromatic N) is 2. The molecule has 1 heterocycles. The fourth-order valence-electron chi connectivity index (χ4n) is 3.30. The van der Waals surface area contributed by atoms with E-state index in [4.69, 9.17) is 4.74 Å². The lowest BCUT2D eigenvalue weighted by atomic mass is 10.0. The predicted molar refractivity (Wildman–Crippen MR) is 118 cm³/mol. The number of nitrogens with one attached hydrogen (secondary N) is 2. The van der Waals surface area contributed by atoms with Crippen molar-refractivity contribution < 1.29 is 19.2 Å². The van der Waals surface area contributed by atoms with Crippen LogP contribution in [0.3, 0.4) is 0 Å². The van der Waals surface area contributed by atoms with Gasteiger partial charge in [-0.25, -0.2) is 4.99 Å². The van der Waals surface area contributed by atoms with E-state index in [1.807, 2.05) is 24.3 Å². The van der Waals surface area contributed by atoms with Crippen molar-refractivity contribution in [3.05, 3.63) is 99.6 Å². The van der Waals surface area contributed by atoms with Crippen LogP contribution in [0.5, 0.6) is 5.75 Å². The van der Waals surface area contributed by atoms with Crippen LogP contribution >= 0.6 is 0 Å². The van der Waals surface area contributed by atoms with Gasteiger partial charge in [-0.05, 0) is 30.3 Å². The second-order valence-electron chi connectivity index (χ2n) is 6.92. The van der Waals surface area contributed by atoms with Crippen molar-refractivity contribution in [1.29, 1.82) is 0 Å². The number of nitro groups is 1. The average molecular weight is 430 g/mol. The standard InChI is InChI=1S/C23H18N4O5/c1-32-17-6-4-5-15(13-17)20-18-7-2-3-8-19(18)24-23(29)21(25-20)26-22(28)14-9-11-16(12-10-14)27(30)31/h2-13,21H,1H3,(H,24,29)(H,26,28). The van der Waals surface area contributed by atoms with Crippen LogP contribution in [0.15, 0.2) is 77.8 Å². The molecule has 1 aliphatic heterocycles. The van der Waals surface area contributed by atoms with Gasteiger partial charge in [0.05, 0.1) is 23.4 Å². The van der Waals surface area contributed by atoms with Gasteiger partial charge in [0, 0.05) is 28.8 Å². The smallest absolute Gasteiger partial charge is 0.269 e. The van der Waals surface area contributed by atoms with Gasteiger partial charge in [0.1, 0.15) is 5.75 Å². The Hall–Kier alpha value is -4.53. The van der Waals surface area contributed by atoms with Gasteiger partial charge in [-0.1, -0.05) is 30.3 Å². The Balaban J connectivity index is 1.71. The van der Waals surface area contributed by atoms with E-state index in [1.165, 1.54) is 24.3 Å². The number of carbonyl (C=O) groups is 2. The minimum absolute atomic E-state index is 0.137. The molecular formula is C23H18N4O5. The lowest BCUT2D eigenvalue weighted by Crippen LogP contribution is -2.42. The fraction of sp³-hybridized carbons (Fsp3) is 0.0870. The van der Waals surface area contributed by atoms with Gasteiger partial charge in [-0.15, -0.1) is 0 Å². The van der Waals surface area contributed by atoms with E-state index in [1.54, 1.807) is 31.4 Å². The molecule has 0 spiro atoms. The first-order chi connectivity index (χ1) is 15.5. The Labute approximate surface area is 182 Å². The molecule has 9 nitrogen and oxygen atoms in total. The first-order valence-corrected chi connectivity index (χ1v) is 9.64. The lowest BCUT2D eigenvalue weighted by Gasteiger charge is -2.13. The van der Waals surface area contributed by atoms with Crippen molar-refractivity contribution in [3.8, 4) is 5.75 Å². The van der Waals surface area contributed by atoms with E-state index in [0.29, 0.717) is 28.3 Å². The molecule has 2 amide bonds. The Morgan fingerprint density at radius 3 is 2.56 bits per heavy atom. The molecule has 0 aliphatic carbocycles. The third kappa shape index (κ3) is 4.17. The maximum absolute atomic E-state index is 12.8. The third-order valence-electron chi connectivity index (χ3n) is 4.90. The molecule has 1 unspecified atom stereocenters. The van der Waals surface area contributed by atoms with Crippen LogP contribution in [0.1, 0.15) is 21.5 Å². The van der Waals surface area contributed by atoms with Gasteiger partial charge in [-0.3, -0.25) is 19.7 Å². The van der Waals surface area contributed by atoms with Crippen molar-refractivity contribution in [2.24, 2.45) is 4.99 Å². The zero-order chi connectivity index (χ0) is 22.7. The van der Waals surface area contributed by atoms with Crippen LogP contribution < -0.4 is 15.4 Å². The highest BCUT2D eigenvalue weighted by molar-refractivity contribution is 6.20. The zero-order valence-corrected chi connectivity index (χ0v) is 16.9. The summed E-state index contributed by atoms with van der Waals surface area (Å²) in [5.74, 6) is -0.469. The van der Waals surface area contributed by atoms with E-state index in [-0.39, 0.29) is 11.3 Å². The number of hydrogen-bond acceptors (Lipinski definition) is 6. The lowest BCUT2D eigenvalue weighted by molar-refractivity contribution is -0.384. The van der Waals surface area contributed by atoms with Crippen LogP contribution in [0, 0.1) is 10.1 Å². The molecule has 0 saturated heterocycles. The molecule has 9 heteroatoms. The van der Waals surface area contributed by atoms with Crippen LogP contribution in [0.4, 0.5) is 11.4 Å². The number of amides is 2. The fourth-order valence-corrected chi connectivity index (χ4v) is 3.30. The summed E-state index contributed by atoms with van der Waals surface area (Å²) in [6.45, 7) is 0. The van der Waals surface area contributed by atoms with Gasteiger partial charge in [0.2, 0.25) is 6.17 Å². The van der Waals surface area contributed by atoms with Gasteiger partial charge in [-0.2, -0.15) is 0 Å². The number of ether oxygens (including phenoxy) is 1. The van der Waals surface area contributed by atoms with Gasteiger partial charge >= 0.3 is 0 Å². The number of hydrogen-bond donors (Lipinski definition) is 2. The van der Waals surface area contributed by atoms with E-state index in [9.17, 15) is 19.7 Å². The summed E-state index contributed by atoms with van der Waals surface area (Å²) in [7, 11) is 1.56. The number of anilines is 1. The minimum Gasteiger partial charge on any atom is -0.497 e. The quantitative estimate of drug-likeness (QED) is 0.475. The normalized spacial score (nSPS) is 15.0. The van der Waals surface area contributed by atoms with E-state index in [0.717, 1.165) is 0 Å². The van der Waals surface area contributed by atoms with Crippen LogP contribution in [-0.4, -0.2) is 35.7 Å². The molecular weight excluding hydrogens is 412 g/mol. The summed E-state index contributed by atoms with van der Waals surface area (Å²) >= 11 is 0. The number of benzene rings is 3. The molecule has 4 rings (SSSR count). The molecule has 3 aromatic carbocycles. The predicted octanol–water partition coefficient (Wildman–Crippen LogP) is 3.15. The summed E-state index contributed by atoms with van der Waals surface area (Å²) in [4.78, 5) is 40.4. The maximum atomic E-state index is 12.8. The van der Waals surface area contributed by atoms with Crippen molar-refractivity contribution >= 4 is 28.9 Å². The molecule has 3 aromatic rings. The third-order valence-corrected chi connectivity index (χ3v) is 4.90. The van der Waals surface area contributed by atoms with Crippen molar-refractivity contribution in [3.63, 3.8) is 0 Å². The summed E-state index contributed by atoms with van der Waals surface area (Å²) in [6, 6.07) is 19.5. The monoisotopic (exact) mass is 430 g/mol. The molecule has 0 radical (unpaired) electrons. The number of carbonyl (C=O) groups excluding carboxylic acids is 2. The van der Waals surface area contributed by atoms with Gasteiger partial charge in [0.15, 0.2) is 0 Å². The molecule has 0 aromatic heterocycles. The van der Waals surface area contributed by atoms with E-state index in [2.05, 4.69) is 15.6 Å². The topological polar surface area (TPSA) is 123 Å². The Morgan fingerprint density at radius 1 is 1.09 bits per heavy atom. The number of methoxy groups -OCH3 is 1. The van der Waals surface area contributed by atoms with E-state index >= 15 is 0 Å². The van der Waals surface area contributed by atoms with Crippen LogP contribution in [-0.2, 0) is 4.79 Å². The first-order valence-electron chi connectivity index (χ1n) is 9.64. The van der Waals surface area contributed by atoms with Gasteiger partial charge in [0.25, 0.3) is 17.5 Å². The Bertz CT molecular complexity index is 1240. The van der Waals surface area contributed by atoms with Crippen molar-refractivity contribution in [1.82, 2.24) is 5.32 Å². The highest BCUT2D eigenvalue weighted by Gasteiger charge is 2.27. The number of non-ortho nitro benzene ring substituents is 1. The molecule has 0 bridgehead atoms. The molecule has 0 saturated carbocycles. The highest BCUT2D eigenvalue weighted by Crippen LogP contribution is 2.25. The summed E-state index contributed by atoms with van der Waals surface area (Å²) in [5.41, 5.74) is 2.51. The second kappa shape index (κ2) is 8.68. The Morgan fingerprint density at radius 2 is 1.84 bits per heavy atom. The molecule has 2 N–H and O–H groups in total. The highest BCUT2D eigenvalue weighted by atomic mass is 16.6. The van der Waals surface area contributed by atoms with E-state index < -0.39 is 22.9 Å². The van der Waals surface area contributed by atoms with Crippen LogP contribution in [0.2, 0.25) is 0 Å². The summed E-state index contributed by atoms with van der Waals surface area (Å²) < 4.78 is 5.31. The van der Waals surface area contributed by atoms with Gasteiger partial charge < -0.3 is 15.4 Å². The first kappa shape index (κ1) is 20.7. The minimum atomic E-state index is -1.22. The molecule has 1 atom stereocenters. The molecule has 0 fully saturated rings. The zero-order valence-electron chi connectivity index (χ0n) is 16.9. The molecule has 160 valence electrons. The number of benzodiazepines with no additional fused rings is 1. The maximum Gasteiger partial charge on any atom is 0.269 e. The van der Waals surface area contributed by atoms with Crippen molar-refractivity contribution in [2.75, 3.05) is 12.4 Å². The average Bonchev–Trinajstić information content (AvgIpc) is 2.95. The number of para-hydroxylation sites is 1.